The number of nitrogens with zero attached hydrogens (tertiary/aromatic N) is 3. The highest BCUT2D eigenvalue weighted by molar-refractivity contribution is 6.06. The molecule has 4 unspecified atom stereocenters. The fourth-order valence-electron chi connectivity index (χ4n) is 8.59. The Kier molecular flexibility index (Phi) is 5.68. The number of likely N-dealkylation sites (tertiary alicyclic amines) is 2. The minimum Gasteiger partial charge on any atom is -0.356 e. The second kappa shape index (κ2) is 8.93. The van der Waals surface area contributed by atoms with Crippen molar-refractivity contribution in [2.75, 3.05) is 26.2 Å². The highest BCUT2D eigenvalue weighted by Gasteiger charge is 2.61. The van der Waals surface area contributed by atoms with Gasteiger partial charge in [-0.25, -0.2) is 4.39 Å². The summed E-state index contributed by atoms with van der Waals surface area (Å²) in [6.45, 7) is 3.67. The molecule has 7 rings (SSSR count). The standard InChI is InChI=1S/C29H36FN3O3/c30-22-7-8-24-23(14-22)27(31-36-24)17-9-11-32(12-10-17)15-20-3-1-2-4-21(20)16-33-28(34)25-18-5-6-19(13-18)26(25)29(33)35/h7-8,14,17-21,25-26H,1-6,9-13,15-16H2/t18?,19?,20-,21-,25?,26?/m0/s1. The molecule has 6 atom stereocenters. The second-order valence-electron chi connectivity index (χ2n) is 12.3. The number of carbonyl (C=O) groups excluding carboxylic acids is 2. The van der Waals surface area contributed by atoms with Crippen LogP contribution in [0.2, 0.25) is 0 Å². The molecule has 0 spiro atoms. The maximum absolute atomic E-state index is 13.8. The monoisotopic (exact) mass is 493 g/mol. The summed E-state index contributed by atoms with van der Waals surface area (Å²) in [4.78, 5) is 30.8. The number of fused-ring (bicyclic) bond motifs is 6. The normalized spacial score (nSPS) is 35.3. The molecular formula is C29H36FN3O3. The molecule has 1 aromatic carbocycles. The van der Waals surface area contributed by atoms with Crippen molar-refractivity contribution in [2.24, 2.45) is 35.5 Å². The van der Waals surface area contributed by atoms with Crippen LogP contribution in [0.15, 0.2) is 22.7 Å². The van der Waals surface area contributed by atoms with Gasteiger partial charge in [0.05, 0.1) is 17.5 Å². The van der Waals surface area contributed by atoms with E-state index in [0.717, 1.165) is 69.2 Å². The molecule has 5 fully saturated rings. The van der Waals surface area contributed by atoms with Gasteiger partial charge in [0.1, 0.15) is 5.82 Å². The van der Waals surface area contributed by atoms with E-state index in [2.05, 4.69) is 10.1 Å². The lowest BCUT2D eigenvalue weighted by atomic mass is 9.78. The fourth-order valence-corrected chi connectivity index (χ4v) is 8.59. The van der Waals surface area contributed by atoms with Gasteiger partial charge in [0.25, 0.3) is 0 Å². The summed E-state index contributed by atoms with van der Waals surface area (Å²) in [7, 11) is 0. The molecule has 2 aromatic rings. The maximum atomic E-state index is 13.8. The Morgan fingerprint density at radius 1 is 0.889 bits per heavy atom. The molecule has 0 N–H and O–H groups in total. The number of hydrogen-bond acceptors (Lipinski definition) is 5. The SMILES string of the molecule is O=C1C2C3CCC(C3)C2C(=O)N1C[C@@H]1CCCC[C@H]1CN1CCC(c2noc3ccc(F)cc23)CC1. The van der Waals surface area contributed by atoms with Crippen molar-refractivity contribution in [3.8, 4) is 0 Å². The number of carbonyl (C=O) groups is 2. The zero-order valence-corrected chi connectivity index (χ0v) is 20.9. The molecule has 2 bridgehead atoms. The predicted molar refractivity (Wildman–Crippen MR) is 132 cm³/mol. The van der Waals surface area contributed by atoms with Gasteiger partial charge in [-0.3, -0.25) is 14.5 Å². The Hall–Kier alpha value is -2.28. The molecule has 2 aliphatic heterocycles. The zero-order valence-electron chi connectivity index (χ0n) is 20.9. The summed E-state index contributed by atoms with van der Waals surface area (Å²) >= 11 is 0. The summed E-state index contributed by atoms with van der Waals surface area (Å²) in [5.41, 5.74) is 1.55. The van der Waals surface area contributed by atoms with Crippen LogP contribution in [0.25, 0.3) is 11.0 Å². The third-order valence-corrected chi connectivity index (χ3v) is 10.4. The van der Waals surface area contributed by atoms with Crippen LogP contribution in [-0.4, -0.2) is 52.9 Å². The molecule has 3 heterocycles. The molecule has 2 amide bonds. The van der Waals surface area contributed by atoms with Crippen LogP contribution in [0.5, 0.6) is 0 Å². The Balaban J connectivity index is 0.988. The van der Waals surface area contributed by atoms with Crippen LogP contribution in [0.3, 0.4) is 0 Å². The molecule has 3 saturated carbocycles. The van der Waals surface area contributed by atoms with Gasteiger partial charge in [0.15, 0.2) is 5.58 Å². The third kappa shape index (κ3) is 3.72. The van der Waals surface area contributed by atoms with E-state index in [-0.39, 0.29) is 29.5 Å². The summed E-state index contributed by atoms with van der Waals surface area (Å²) in [5, 5.41) is 5.10. The first kappa shape index (κ1) is 22.9. The third-order valence-electron chi connectivity index (χ3n) is 10.4. The van der Waals surface area contributed by atoms with E-state index in [4.69, 9.17) is 4.52 Å². The molecule has 6 nitrogen and oxygen atoms in total. The first-order chi connectivity index (χ1) is 17.6. The number of imide groups is 1. The molecule has 1 aromatic heterocycles. The second-order valence-corrected chi connectivity index (χ2v) is 12.3. The largest absolute Gasteiger partial charge is 0.356 e. The molecule has 5 aliphatic rings. The van der Waals surface area contributed by atoms with Crippen molar-refractivity contribution in [1.82, 2.24) is 15.0 Å². The Bertz CT molecular complexity index is 1140. The Morgan fingerprint density at radius 2 is 1.56 bits per heavy atom. The highest BCUT2D eigenvalue weighted by Crippen LogP contribution is 2.56. The number of aromatic nitrogens is 1. The molecule has 192 valence electrons. The van der Waals surface area contributed by atoms with Gasteiger partial charge in [-0.15, -0.1) is 0 Å². The first-order valence-electron chi connectivity index (χ1n) is 14.2. The van der Waals surface area contributed by atoms with E-state index in [0.29, 0.717) is 41.7 Å². The first-order valence-corrected chi connectivity index (χ1v) is 14.2. The summed E-state index contributed by atoms with van der Waals surface area (Å²) < 4.78 is 19.3. The van der Waals surface area contributed by atoms with Gasteiger partial charge in [-0.2, -0.15) is 0 Å². The molecule has 36 heavy (non-hydrogen) atoms. The van der Waals surface area contributed by atoms with Crippen LogP contribution in [0.4, 0.5) is 4.39 Å². The lowest BCUT2D eigenvalue weighted by molar-refractivity contribution is -0.142. The number of rotatable bonds is 5. The summed E-state index contributed by atoms with van der Waals surface area (Å²) in [5.74, 6) is 2.22. The van der Waals surface area contributed by atoms with E-state index in [1.54, 1.807) is 17.0 Å². The van der Waals surface area contributed by atoms with Crippen molar-refractivity contribution in [3.63, 3.8) is 0 Å². The van der Waals surface area contributed by atoms with Crippen LogP contribution in [0.1, 0.15) is 69.4 Å². The number of benzene rings is 1. The van der Waals surface area contributed by atoms with Gasteiger partial charge in [0.2, 0.25) is 11.8 Å². The van der Waals surface area contributed by atoms with E-state index in [9.17, 15) is 14.0 Å². The zero-order chi connectivity index (χ0) is 24.4. The van der Waals surface area contributed by atoms with Crippen LogP contribution in [-0.2, 0) is 9.59 Å². The highest BCUT2D eigenvalue weighted by atomic mass is 19.1. The van der Waals surface area contributed by atoms with E-state index < -0.39 is 0 Å². The topological polar surface area (TPSA) is 66.7 Å². The lowest BCUT2D eigenvalue weighted by Crippen LogP contribution is -2.44. The molecule has 7 heteroatoms. The van der Waals surface area contributed by atoms with Gasteiger partial charge in [-0.05, 0) is 99.9 Å². The van der Waals surface area contributed by atoms with E-state index >= 15 is 0 Å². The molecule has 3 aliphatic carbocycles. The van der Waals surface area contributed by atoms with Gasteiger partial charge < -0.3 is 9.42 Å². The molecule has 0 radical (unpaired) electrons. The van der Waals surface area contributed by atoms with Gasteiger partial charge in [-0.1, -0.05) is 18.0 Å². The number of piperidine rings is 1. The van der Waals surface area contributed by atoms with Gasteiger partial charge >= 0.3 is 0 Å². The minimum atomic E-state index is -0.251. The Labute approximate surface area is 211 Å². The quantitative estimate of drug-likeness (QED) is 0.550. The van der Waals surface area contributed by atoms with Crippen LogP contribution >= 0.6 is 0 Å². The lowest BCUT2D eigenvalue weighted by Gasteiger charge is -2.39. The van der Waals surface area contributed by atoms with Crippen molar-refractivity contribution in [2.45, 2.75) is 63.7 Å². The number of halogens is 1. The van der Waals surface area contributed by atoms with Crippen molar-refractivity contribution < 1.29 is 18.5 Å². The van der Waals surface area contributed by atoms with Crippen molar-refractivity contribution in [1.29, 1.82) is 0 Å². The predicted octanol–water partition coefficient (Wildman–Crippen LogP) is 4.98. The van der Waals surface area contributed by atoms with E-state index in [1.807, 2.05) is 0 Å². The number of amides is 2. The number of hydrogen-bond donors (Lipinski definition) is 0. The molecular weight excluding hydrogens is 457 g/mol. The average Bonchev–Trinajstić information content (AvgIpc) is 3.66. The average molecular weight is 494 g/mol. The summed E-state index contributed by atoms with van der Waals surface area (Å²) in [6.07, 6.45) is 10.1. The van der Waals surface area contributed by atoms with E-state index in [1.165, 1.54) is 25.3 Å². The molecule has 2 saturated heterocycles. The smallest absolute Gasteiger partial charge is 0.233 e. The minimum absolute atomic E-state index is 0.00148. The maximum Gasteiger partial charge on any atom is 0.233 e. The summed E-state index contributed by atoms with van der Waals surface area (Å²) in [6, 6.07) is 4.62. The Morgan fingerprint density at radius 3 is 2.25 bits per heavy atom. The van der Waals surface area contributed by atoms with Crippen LogP contribution < -0.4 is 0 Å². The fraction of sp³-hybridized carbons (Fsp3) is 0.690. The van der Waals surface area contributed by atoms with Crippen LogP contribution in [0, 0.1) is 41.3 Å². The van der Waals surface area contributed by atoms with Crippen molar-refractivity contribution >= 4 is 22.8 Å². The van der Waals surface area contributed by atoms with Gasteiger partial charge in [0, 0.05) is 24.4 Å². The van der Waals surface area contributed by atoms with Crippen molar-refractivity contribution in [3.05, 3.63) is 29.7 Å².